The van der Waals surface area contributed by atoms with Crippen molar-refractivity contribution < 1.29 is 19.9 Å². The van der Waals surface area contributed by atoms with E-state index >= 15 is 0 Å². The Morgan fingerprint density at radius 1 is 1.36 bits per heavy atom. The summed E-state index contributed by atoms with van der Waals surface area (Å²) in [6, 6.07) is 7.58. The van der Waals surface area contributed by atoms with E-state index in [0.29, 0.717) is 6.61 Å². The molecule has 4 nitrogen and oxygen atoms in total. The Labute approximate surface area is 81.9 Å². The summed E-state index contributed by atoms with van der Waals surface area (Å²) in [5.74, 6) is 0. The number of aliphatic hydroxyl groups is 1. The Morgan fingerprint density at radius 2 is 2.21 bits per heavy atom. The maximum atomic E-state index is 9.12. The van der Waals surface area contributed by atoms with Crippen molar-refractivity contribution in [3.8, 4) is 0 Å². The maximum absolute atomic E-state index is 9.12. The first kappa shape index (κ1) is 9.61. The molecular weight excluding hydrogens is 184 g/mol. The highest BCUT2D eigenvalue weighted by Crippen LogP contribution is 2.27. The van der Waals surface area contributed by atoms with Gasteiger partial charge in [-0.3, -0.25) is 0 Å². The van der Waals surface area contributed by atoms with Crippen LogP contribution in [0.25, 0.3) is 0 Å². The van der Waals surface area contributed by atoms with E-state index in [2.05, 4.69) is 9.93 Å². The molecule has 1 fully saturated rings. The average molecular weight is 196 g/mol. The highest BCUT2D eigenvalue weighted by molar-refractivity contribution is 5.28. The molecule has 0 amide bonds. The Kier molecular flexibility index (Phi) is 3.10. The lowest BCUT2D eigenvalue weighted by molar-refractivity contribution is -0.551. The number of hydrogen-bond acceptors (Lipinski definition) is 4. The zero-order chi connectivity index (χ0) is 9.80. The summed E-state index contributed by atoms with van der Waals surface area (Å²) in [4.78, 5) is 9.58. The lowest BCUT2D eigenvalue weighted by Gasteiger charge is -2.21. The molecule has 0 spiro atoms. The molecule has 0 radical (unpaired) electrons. The van der Waals surface area contributed by atoms with Crippen LogP contribution in [-0.2, 0) is 21.4 Å². The minimum Gasteiger partial charge on any atom is -0.392 e. The molecule has 76 valence electrons. The highest BCUT2D eigenvalue weighted by Gasteiger charge is 2.20. The highest BCUT2D eigenvalue weighted by atomic mass is 17.5. The van der Waals surface area contributed by atoms with Crippen molar-refractivity contribution >= 4 is 0 Å². The van der Waals surface area contributed by atoms with Crippen LogP contribution in [0.15, 0.2) is 24.3 Å². The molecule has 1 aromatic carbocycles. The van der Waals surface area contributed by atoms with Gasteiger partial charge in [0.2, 0.25) is 0 Å². The van der Waals surface area contributed by atoms with Crippen molar-refractivity contribution in [2.24, 2.45) is 0 Å². The molecule has 1 unspecified atom stereocenters. The molecule has 0 bridgehead atoms. The predicted molar refractivity (Wildman–Crippen MR) is 47.8 cm³/mol. The molecule has 14 heavy (non-hydrogen) atoms. The van der Waals surface area contributed by atoms with Crippen LogP contribution in [0.4, 0.5) is 0 Å². The van der Waals surface area contributed by atoms with Crippen LogP contribution >= 0.6 is 0 Å². The van der Waals surface area contributed by atoms with Gasteiger partial charge < -0.3 is 5.11 Å². The molecule has 1 aliphatic rings. The summed E-state index contributed by atoms with van der Waals surface area (Å²) in [5, 5.41) is 13.6. The van der Waals surface area contributed by atoms with Crippen molar-refractivity contribution in [2.45, 2.75) is 19.1 Å². The number of aliphatic hydroxyl groups excluding tert-OH is 1. The van der Waals surface area contributed by atoms with Gasteiger partial charge in [-0.05, 0) is 11.1 Å². The summed E-state index contributed by atoms with van der Waals surface area (Å²) in [6.07, 6.45) is 0.587. The molecule has 0 aliphatic carbocycles. The van der Waals surface area contributed by atoms with E-state index in [1.165, 1.54) is 0 Å². The molecule has 0 aromatic heterocycles. The fraction of sp³-hybridized carbons (Fsp3) is 0.400. The Bertz CT molecular complexity index is 294. The second-order valence-corrected chi connectivity index (χ2v) is 3.12. The molecule has 4 heteroatoms. The first-order valence-corrected chi connectivity index (χ1v) is 4.55. The summed E-state index contributed by atoms with van der Waals surface area (Å²) in [5.41, 5.74) is 1.82. The van der Waals surface area contributed by atoms with Crippen molar-refractivity contribution in [2.75, 3.05) is 6.61 Å². The number of benzene rings is 1. The third kappa shape index (κ3) is 1.93. The molecule has 1 saturated heterocycles. The molecule has 1 N–H and O–H groups in total. The Balaban J connectivity index is 2.20. The van der Waals surface area contributed by atoms with Crippen LogP contribution in [0.5, 0.6) is 0 Å². The first-order valence-electron chi connectivity index (χ1n) is 4.55. The van der Waals surface area contributed by atoms with E-state index in [1.807, 2.05) is 24.3 Å². The molecule has 1 atom stereocenters. The van der Waals surface area contributed by atoms with Gasteiger partial charge in [0.25, 0.3) is 0 Å². The van der Waals surface area contributed by atoms with Gasteiger partial charge >= 0.3 is 0 Å². The number of rotatable bonds is 2. The standard InChI is InChI=1S/C10H12O4/c11-7-8-3-1-2-4-9(8)10-5-6-12-14-13-10/h1-4,10-11H,5-7H2. The van der Waals surface area contributed by atoms with Gasteiger partial charge in [-0.25, -0.2) is 4.89 Å². The molecule has 1 aromatic rings. The van der Waals surface area contributed by atoms with E-state index in [9.17, 15) is 0 Å². The largest absolute Gasteiger partial charge is 0.392 e. The van der Waals surface area contributed by atoms with Crippen molar-refractivity contribution in [3.05, 3.63) is 35.4 Å². The van der Waals surface area contributed by atoms with Crippen LogP contribution < -0.4 is 0 Å². The van der Waals surface area contributed by atoms with Gasteiger partial charge in [-0.1, -0.05) is 29.3 Å². The fourth-order valence-electron chi connectivity index (χ4n) is 1.51. The third-order valence-corrected chi connectivity index (χ3v) is 2.24. The first-order chi connectivity index (χ1) is 6.92. The third-order valence-electron chi connectivity index (χ3n) is 2.24. The van der Waals surface area contributed by atoms with Crippen molar-refractivity contribution in [1.29, 1.82) is 0 Å². The molecular formula is C10H12O4. The molecule has 1 heterocycles. The smallest absolute Gasteiger partial charge is 0.124 e. The summed E-state index contributed by atoms with van der Waals surface area (Å²) in [6.45, 7) is 0.515. The van der Waals surface area contributed by atoms with E-state index in [-0.39, 0.29) is 12.7 Å². The van der Waals surface area contributed by atoms with Gasteiger partial charge in [0, 0.05) is 6.42 Å². The lowest BCUT2D eigenvalue weighted by atomic mass is 10.0. The topological polar surface area (TPSA) is 47.9 Å². The molecule has 0 saturated carbocycles. The van der Waals surface area contributed by atoms with Gasteiger partial charge in [0.1, 0.15) is 6.10 Å². The van der Waals surface area contributed by atoms with Gasteiger partial charge in [0.05, 0.1) is 13.2 Å². The van der Waals surface area contributed by atoms with Crippen LogP contribution in [0.2, 0.25) is 0 Å². The van der Waals surface area contributed by atoms with E-state index < -0.39 is 0 Å². The zero-order valence-electron chi connectivity index (χ0n) is 7.68. The second-order valence-electron chi connectivity index (χ2n) is 3.12. The quantitative estimate of drug-likeness (QED) is 0.728. The molecule has 2 rings (SSSR count). The van der Waals surface area contributed by atoms with Crippen LogP contribution in [0.1, 0.15) is 23.7 Å². The van der Waals surface area contributed by atoms with E-state index in [4.69, 9.17) is 9.99 Å². The predicted octanol–water partition coefficient (Wildman–Crippen LogP) is 1.50. The molecule has 1 aliphatic heterocycles. The van der Waals surface area contributed by atoms with Crippen LogP contribution in [0.3, 0.4) is 0 Å². The maximum Gasteiger partial charge on any atom is 0.124 e. The minimum atomic E-state index is -0.146. The van der Waals surface area contributed by atoms with Gasteiger partial charge in [0.15, 0.2) is 0 Å². The lowest BCUT2D eigenvalue weighted by Crippen LogP contribution is -2.16. The number of hydrogen-bond donors (Lipinski definition) is 1. The second kappa shape index (κ2) is 4.52. The average Bonchev–Trinajstić information content (AvgIpc) is 2.30. The Morgan fingerprint density at radius 3 is 2.93 bits per heavy atom. The Hall–Kier alpha value is -0.940. The SMILES string of the molecule is OCc1ccccc1C1CCOOO1. The summed E-state index contributed by atoms with van der Waals surface area (Å²) >= 11 is 0. The zero-order valence-corrected chi connectivity index (χ0v) is 7.68. The van der Waals surface area contributed by atoms with E-state index in [0.717, 1.165) is 17.5 Å². The van der Waals surface area contributed by atoms with Gasteiger partial charge in [-0.15, -0.1) is 0 Å². The van der Waals surface area contributed by atoms with Gasteiger partial charge in [-0.2, -0.15) is 4.89 Å². The van der Waals surface area contributed by atoms with Crippen molar-refractivity contribution in [3.63, 3.8) is 0 Å². The summed E-state index contributed by atoms with van der Waals surface area (Å²) in [7, 11) is 0. The fourth-order valence-corrected chi connectivity index (χ4v) is 1.51. The monoisotopic (exact) mass is 196 g/mol. The van der Waals surface area contributed by atoms with Crippen LogP contribution in [-0.4, -0.2) is 11.7 Å². The van der Waals surface area contributed by atoms with Crippen LogP contribution in [0, 0.1) is 0 Å². The normalized spacial score (nSPS) is 22.2. The van der Waals surface area contributed by atoms with E-state index in [1.54, 1.807) is 0 Å². The summed E-state index contributed by atoms with van der Waals surface area (Å²) < 4.78 is 0. The van der Waals surface area contributed by atoms with Crippen molar-refractivity contribution in [1.82, 2.24) is 0 Å². The minimum absolute atomic E-state index is 0.0108.